The van der Waals surface area contributed by atoms with Gasteiger partial charge in [0.2, 0.25) is 0 Å². The average molecular weight is 577 g/mol. The summed E-state index contributed by atoms with van der Waals surface area (Å²) in [6, 6.07) is 3.71. The Balaban J connectivity index is 0.00000385. The van der Waals surface area contributed by atoms with Crippen molar-refractivity contribution in [3.63, 3.8) is 0 Å². The van der Waals surface area contributed by atoms with Gasteiger partial charge in [0.05, 0.1) is 12.8 Å². The minimum absolute atomic E-state index is 0. The second kappa shape index (κ2) is 11.8. The van der Waals surface area contributed by atoms with E-state index in [1.165, 1.54) is 12.8 Å². The first-order valence-corrected chi connectivity index (χ1v) is 11.9. The predicted octanol–water partition coefficient (Wildman–Crippen LogP) is 4.18. The lowest BCUT2D eigenvalue weighted by atomic mass is 10.0. The molecule has 2 N–H and O–H groups in total. The third-order valence-electron chi connectivity index (χ3n) is 5.91. The van der Waals surface area contributed by atoms with Gasteiger partial charge < -0.3 is 29.4 Å². The largest absolute Gasteiger partial charge is 0.466 e. The van der Waals surface area contributed by atoms with Crippen LogP contribution in [0.5, 0.6) is 0 Å². The third-order valence-corrected chi connectivity index (χ3v) is 5.91. The van der Waals surface area contributed by atoms with Crippen LogP contribution in [0.15, 0.2) is 27.8 Å². The monoisotopic (exact) mass is 576 g/mol. The summed E-state index contributed by atoms with van der Waals surface area (Å²) in [5, 5.41) is 14.1. The van der Waals surface area contributed by atoms with Gasteiger partial charge in [-0.1, -0.05) is 0 Å². The second-order valence-corrected chi connectivity index (χ2v) is 10.2. The number of aliphatic hydroxyl groups is 1. The average Bonchev–Trinajstić information content (AvgIpc) is 3.36. The van der Waals surface area contributed by atoms with Crippen LogP contribution in [0.25, 0.3) is 0 Å². The lowest BCUT2D eigenvalue weighted by Crippen LogP contribution is -2.52. The number of rotatable bonds is 7. The lowest BCUT2D eigenvalue weighted by molar-refractivity contribution is 0.00917. The van der Waals surface area contributed by atoms with E-state index in [4.69, 9.17) is 14.1 Å². The summed E-state index contributed by atoms with van der Waals surface area (Å²) in [6.45, 7) is 12.8. The highest BCUT2D eigenvalue weighted by molar-refractivity contribution is 14.0. The molecule has 1 aliphatic carbocycles. The van der Waals surface area contributed by atoms with Gasteiger partial charge in [0.15, 0.2) is 5.96 Å². The Morgan fingerprint density at radius 2 is 1.94 bits per heavy atom. The van der Waals surface area contributed by atoms with Crippen molar-refractivity contribution in [1.82, 2.24) is 15.1 Å². The highest BCUT2D eigenvalue weighted by Gasteiger charge is 2.36. The van der Waals surface area contributed by atoms with E-state index < -0.39 is 11.2 Å². The fourth-order valence-corrected chi connectivity index (χ4v) is 3.98. The SMILES string of the molecule is CCNC(=NCC(C)(O)c1ccco1)N1CCC(N(CC2CC2)C(=O)OC(C)(C)C)CC1.I. The predicted molar refractivity (Wildman–Crippen MR) is 140 cm³/mol. The maximum absolute atomic E-state index is 12.9. The molecule has 1 atom stereocenters. The van der Waals surface area contributed by atoms with Crippen molar-refractivity contribution in [1.29, 1.82) is 0 Å². The fourth-order valence-electron chi connectivity index (χ4n) is 3.98. The molecule has 188 valence electrons. The Bertz CT molecular complexity index is 764. The normalized spacial score (nSPS) is 19.5. The van der Waals surface area contributed by atoms with Gasteiger partial charge in [-0.05, 0) is 78.4 Å². The maximum atomic E-state index is 12.9. The van der Waals surface area contributed by atoms with Gasteiger partial charge in [0, 0.05) is 32.2 Å². The molecule has 3 rings (SSSR count). The number of nitrogens with one attached hydrogen (secondary N) is 1. The van der Waals surface area contributed by atoms with Crippen molar-refractivity contribution in [2.24, 2.45) is 10.9 Å². The Hall–Kier alpha value is -1.49. The first-order chi connectivity index (χ1) is 15.1. The van der Waals surface area contributed by atoms with Gasteiger partial charge in [0.25, 0.3) is 0 Å². The van der Waals surface area contributed by atoms with Crippen molar-refractivity contribution in [2.45, 2.75) is 77.5 Å². The molecule has 1 amide bonds. The number of guanidine groups is 1. The van der Waals surface area contributed by atoms with Crippen LogP contribution in [-0.4, -0.2) is 71.3 Å². The molecular weight excluding hydrogens is 535 g/mol. The minimum atomic E-state index is -1.17. The number of carbonyl (C=O) groups is 1. The molecule has 1 saturated carbocycles. The summed E-state index contributed by atoms with van der Waals surface area (Å²) in [6.07, 6.45) is 5.49. The Labute approximate surface area is 215 Å². The lowest BCUT2D eigenvalue weighted by Gasteiger charge is -2.40. The topological polar surface area (TPSA) is 90.5 Å². The fraction of sp³-hybridized carbons (Fsp3) is 0.750. The third kappa shape index (κ3) is 8.35. The van der Waals surface area contributed by atoms with Crippen molar-refractivity contribution >= 4 is 36.0 Å². The van der Waals surface area contributed by atoms with Gasteiger partial charge >= 0.3 is 6.09 Å². The number of likely N-dealkylation sites (tertiary alicyclic amines) is 1. The first-order valence-electron chi connectivity index (χ1n) is 11.9. The molecule has 0 radical (unpaired) electrons. The minimum Gasteiger partial charge on any atom is -0.466 e. The maximum Gasteiger partial charge on any atom is 0.410 e. The number of hydrogen-bond donors (Lipinski definition) is 2. The van der Waals surface area contributed by atoms with E-state index in [0.717, 1.165) is 45.0 Å². The highest BCUT2D eigenvalue weighted by Crippen LogP contribution is 2.32. The van der Waals surface area contributed by atoms with Crippen molar-refractivity contribution in [3.8, 4) is 0 Å². The zero-order valence-electron chi connectivity index (χ0n) is 20.7. The molecule has 0 aromatic carbocycles. The highest BCUT2D eigenvalue weighted by atomic mass is 127. The van der Waals surface area contributed by atoms with Crippen molar-refractivity contribution in [3.05, 3.63) is 24.2 Å². The van der Waals surface area contributed by atoms with E-state index in [1.807, 2.05) is 32.6 Å². The van der Waals surface area contributed by atoms with Crippen molar-refractivity contribution < 1.29 is 19.1 Å². The Morgan fingerprint density at radius 3 is 2.45 bits per heavy atom. The number of ether oxygens (including phenoxy) is 1. The smallest absolute Gasteiger partial charge is 0.410 e. The number of halogens is 1. The van der Waals surface area contributed by atoms with Crippen LogP contribution >= 0.6 is 24.0 Å². The molecule has 0 bridgehead atoms. The van der Waals surface area contributed by atoms with E-state index in [0.29, 0.717) is 11.7 Å². The quantitative estimate of drug-likeness (QED) is 0.288. The molecule has 2 aliphatic rings. The van der Waals surface area contributed by atoms with Crippen LogP contribution in [0.4, 0.5) is 4.79 Å². The molecule has 9 heteroatoms. The molecule has 33 heavy (non-hydrogen) atoms. The van der Waals surface area contributed by atoms with Crippen LogP contribution in [0.3, 0.4) is 0 Å². The zero-order valence-corrected chi connectivity index (χ0v) is 23.0. The Kier molecular flexibility index (Phi) is 9.90. The number of furan rings is 1. The number of hydrogen-bond acceptors (Lipinski definition) is 5. The van der Waals surface area contributed by atoms with Gasteiger partial charge in [-0.25, -0.2) is 9.79 Å². The zero-order chi connectivity index (χ0) is 23.4. The number of nitrogens with zero attached hydrogens (tertiary/aromatic N) is 3. The van der Waals surface area contributed by atoms with Gasteiger partial charge in [-0.2, -0.15) is 0 Å². The van der Waals surface area contributed by atoms with E-state index in [-0.39, 0.29) is 42.7 Å². The number of carbonyl (C=O) groups excluding carboxylic acids is 1. The molecule has 1 aliphatic heterocycles. The van der Waals surface area contributed by atoms with Crippen LogP contribution in [-0.2, 0) is 10.3 Å². The van der Waals surface area contributed by atoms with Crippen LogP contribution in [0, 0.1) is 5.92 Å². The summed E-state index contributed by atoms with van der Waals surface area (Å²) in [7, 11) is 0. The first kappa shape index (κ1) is 27.8. The summed E-state index contributed by atoms with van der Waals surface area (Å²) >= 11 is 0. The van der Waals surface area contributed by atoms with E-state index in [2.05, 4.69) is 10.2 Å². The summed E-state index contributed by atoms with van der Waals surface area (Å²) < 4.78 is 11.1. The molecule has 2 heterocycles. The molecular formula is C24H41IN4O4. The standard InChI is InChI=1S/C24H40N4O4.HI/c1-6-25-21(26-17-24(5,30)20-8-7-15-31-20)27-13-11-19(12-14-27)28(16-18-9-10-18)22(29)32-23(2,3)4;/h7-8,15,18-19,30H,6,9-14,16-17H2,1-5H3,(H,25,26);1H. The second-order valence-electron chi connectivity index (χ2n) is 10.2. The summed E-state index contributed by atoms with van der Waals surface area (Å²) in [4.78, 5) is 21.8. The van der Waals surface area contributed by atoms with E-state index >= 15 is 0 Å². The summed E-state index contributed by atoms with van der Waals surface area (Å²) in [5.41, 5.74) is -1.66. The van der Waals surface area contributed by atoms with Gasteiger partial charge in [-0.15, -0.1) is 24.0 Å². The molecule has 0 spiro atoms. The van der Waals surface area contributed by atoms with Crippen LogP contribution in [0.2, 0.25) is 0 Å². The molecule has 8 nitrogen and oxygen atoms in total. The summed E-state index contributed by atoms with van der Waals surface area (Å²) in [5.74, 6) is 1.90. The number of amides is 1. The van der Waals surface area contributed by atoms with Crippen molar-refractivity contribution in [2.75, 3.05) is 32.7 Å². The van der Waals surface area contributed by atoms with Gasteiger partial charge in [-0.3, -0.25) is 0 Å². The molecule has 2 fully saturated rings. The molecule has 1 saturated heterocycles. The molecule has 1 unspecified atom stereocenters. The van der Waals surface area contributed by atoms with E-state index in [9.17, 15) is 9.90 Å². The number of aliphatic imine (C=N–C) groups is 1. The molecule has 1 aromatic heterocycles. The van der Waals surface area contributed by atoms with Crippen LogP contribution in [0.1, 0.15) is 66.1 Å². The van der Waals surface area contributed by atoms with E-state index in [1.54, 1.807) is 25.3 Å². The number of piperidine rings is 1. The molecule has 1 aromatic rings. The Morgan fingerprint density at radius 1 is 1.27 bits per heavy atom. The van der Waals surface area contributed by atoms with Crippen LogP contribution < -0.4 is 5.32 Å². The van der Waals surface area contributed by atoms with Gasteiger partial charge in [0.1, 0.15) is 17.0 Å².